The Labute approximate surface area is 295 Å². The molecule has 10 aromatic rings. The van der Waals surface area contributed by atoms with E-state index in [4.69, 9.17) is 8.83 Å². The molecule has 0 fully saturated rings. The first-order valence-corrected chi connectivity index (χ1v) is 17.4. The van der Waals surface area contributed by atoms with E-state index in [0.717, 1.165) is 60.6 Å². The van der Waals surface area contributed by atoms with Gasteiger partial charge in [0.25, 0.3) is 0 Å². The third-order valence-corrected chi connectivity index (χ3v) is 10.4. The van der Waals surface area contributed by atoms with Crippen molar-refractivity contribution in [2.24, 2.45) is 0 Å². The Balaban J connectivity index is 1.20. The van der Waals surface area contributed by atoms with Crippen molar-refractivity contribution >= 4 is 71.5 Å². The van der Waals surface area contributed by atoms with Crippen molar-refractivity contribution in [1.82, 2.24) is 0 Å². The zero-order valence-electron chi connectivity index (χ0n) is 28.1. The molecule has 0 aliphatic carbocycles. The number of hydrogen-bond acceptors (Lipinski definition) is 2. The van der Waals surface area contributed by atoms with E-state index in [-0.39, 0.29) is 0 Å². The van der Waals surface area contributed by atoms with Crippen molar-refractivity contribution in [3.8, 4) is 33.4 Å². The Morgan fingerprint density at radius 2 is 1.04 bits per heavy atom. The van der Waals surface area contributed by atoms with Gasteiger partial charge >= 0.3 is 0 Å². The summed E-state index contributed by atoms with van der Waals surface area (Å²) >= 11 is 0. The molecular weight excluding hydrogens is 621 g/mol. The zero-order chi connectivity index (χ0) is 34.1. The van der Waals surface area contributed by atoms with Crippen molar-refractivity contribution < 1.29 is 8.83 Å². The van der Waals surface area contributed by atoms with Crippen molar-refractivity contribution in [1.29, 1.82) is 0 Å². The van der Waals surface area contributed by atoms with Crippen molar-refractivity contribution in [2.75, 3.05) is 0 Å². The lowest BCUT2D eigenvalue weighted by molar-refractivity contribution is 0.668. The van der Waals surface area contributed by atoms with Crippen LogP contribution in [0.5, 0.6) is 0 Å². The van der Waals surface area contributed by atoms with E-state index < -0.39 is 0 Å². The molecule has 0 spiro atoms. The molecule has 8 aromatic carbocycles. The minimum Gasteiger partial charge on any atom is -0.456 e. The van der Waals surface area contributed by atoms with E-state index in [1.165, 1.54) is 49.4 Å². The van der Waals surface area contributed by atoms with Crippen LogP contribution in [0.3, 0.4) is 0 Å². The fraction of sp³-hybridized carbons (Fsp3) is 0.0204. The Morgan fingerprint density at radius 3 is 1.76 bits per heavy atom. The van der Waals surface area contributed by atoms with Gasteiger partial charge in [0.15, 0.2) is 0 Å². The molecule has 0 atom stereocenters. The number of benzene rings is 8. The second-order valence-corrected chi connectivity index (χ2v) is 13.3. The summed E-state index contributed by atoms with van der Waals surface area (Å²) in [7, 11) is 0. The predicted molar refractivity (Wildman–Crippen MR) is 216 cm³/mol. The topological polar surface area (TPSA) is 26.3 Å². The fourth-order valence-corrected chi connectivity index (χ4v) is 8.06. The normalized spacial score (nSPS) is 12.0. The van der Waals surface area contributed by atoms with Crippen LogP contribution in [-0.2, 0) is 0 Å². The van der Waals surface area contributed by atoms with Crippen LogP contribution in [0, 0.1) is 6.92 Å². The Morgan fingerprint density at radius 1 is 0.451 bits per heavy atom. The maximum absolute atomic E-state index is 6.46. The highest BCUT2D eigenvalue weighted by Gasteiger charge is 2.19. The molecule has 51 heavy (non-hydrogen) atoms. The van der Waals surface area contributed by atoms with Gasteiger partial charge in [0.1, 0.15) is 22.3 Å². The molecule has 0 saturated carbocycles. The number of aryl methyl sites for hydroxylation is 1. The highest BCUT2D eigenvalue weighted by molar-refractivity contribution is 6.22. The second kappa shape index (κ2) is 11.5. The molecule has 0 amide bonds. The number of para-hydroxylation sites is 1. The van der Waals surface area contributed by atoms with Crippen molar-refractivity contribution in [3.63, 3.8) is 0 Å². The van der Waals surface area contributed by atoms with Gasteiger partial charge in [-0.1, -0.05) is 128 Å². The molecule has 0 unspecified atom stereocenters. The maximum Gasteiger partial charge on any atom is 0.136 e. The minimum atomic E-state index is 0.886. The van der Waals surface area contributed by atoms with E-state index in [0.29, 0.717) is 0 Å². The third kappa shape index (κ3) is 4.57. The standard InChI is InChI=1S/C49H32O2/c1-3-4-13-31-29-46-42(26-30(31)2)49-35(21-12-23-45(49)51-46)32-14-11-15-33(27-32)47-37-17-5-7-19-39(37)48(40-20-8-6-18-38(40)47)34-24-25-44-41(28-34)36-16-9-10-22-43(36)50-44/h3-29H,1H2,2H3/b13-4-. The highest BCUT2D eigenvalue weighted by atomic mass is 16.3. The van der Waals surface area contributed by atoms with Gasteiger partial charge in [0.2, 0.25) is 0 Å². The predicted octanol–water partition coefficient (Wildman–Crippen LogP) is 14.3. The van der Waals surface area contributed by atoms with E-state index in [9.17, 15) is 0 Å². The summed E-state index contributed by atoms with van der Waals surface area (Å²) in [6.07, 6.45) is 5.85. The third-order valence-electron chi connectivity index (χ3n) is 10.4. The summed E-state index contributed by atoms with van der Waals surface area (Å²) in [4.78, 5) is 0. The number of hydrogen-bond donors (Lipinski definition) is 0. The highest BCUT2D eigenvalue weighted by Crippen LogP contribution is 2.46. The Kier molecular flexibility index (Phi) is 6.59. The molecule has 0 aliphatic heterocycles. The molecule has 0 N–H and O–H groups in total. The molecule has 0 bridgehead atoms. The summed E-state index contributed by atoms with van der Waals surface area (Å²) < 4.78 is 12.7. The summed E-state index contributed by atoms with van der Waals surface area (Å²) in [5.74, 6) is 0. The number of rotatable bonds is 5. The van der Waals surface area contributed by atoms with E-state index >= 15 is 0 Å². The average Bonchev–Trinajstić information content (AvgIpc) is 3.73. The SMILES string of the molecule is C=C/C=C\c1cc2oc3cccc(-c4cccc(-c5c6ccccc6c(-c6ccc7oc8ccccc8c7c6)c6ccccc56)c4)c3c2cc1C. The lowest BCUT2D eigenvalue weighted by Gasteiger charge is -2.18. The van der Waals surface area contributed by atoms with Gasteiger partial charge < -0.3 is 8.83 Å². The Hall–Kier alpha value is -6.64. The van der Waals surface area contributed by atoms with Gasteiger partial charge in [0.05, 0.1) is 0 Å². The molecule has 2 nitrogen and oxygen atoms in total. The lowest BCUT2D eigenvalue weighted by Crippen LogP contribution is -1.91. The molecule has 0 aliphatic rings. The van der Waals surface area contributed by atoms with E-state index in [1.807, 2.05) is 18.2 Å². The van der Waals surface area contributed by atoms with Crippen LogP contribution in [0.1, 0.15) is 11.1 Å². The molecule has 0 saturated heterocycles. The quantitative estimate of drug-likeness (QED) is 0.137. The maximum atomic E-state index is 6.46. The summed E-state index contributed by atoms with van der Waals surface area (Å²) in [6, 6.07) is 52.3. The van der Waals surface area contributed by atoms with Gasteiger partial charge in [-0.25, -0.2) is 0 Å². The second-order valence-electron chi connectivity index (χ2n) is 13.3. The van der Waals surface area contributed by atoms with E-state index in [1.54, 1.807) is 6.08 Å². The summed E-state index contributed by atoms with van der Waals surface area (Å²) in [5.41, 5.74) is 13.1. The molecule has 240 valence electrons. The van der Waals surface area contributed by atoms with Crippen LogP contribution in [0.15, 0.2) is 173 Å². The average molecular weight is 653 g/mol. The Bertz CT molecular complexity index is 3000. The lowest BCUT2D eigenvalue weighted by atomic mass is 9.85. The number of furan rings is 2. The first kappa shape index (κ1) is 29.3. The van der Waals surface area contributed by atoms with Crippen molar-refractivity contribution in [3.05, 3.63) is 175 Å². The van der Waals surface area contributed by atoms with Gasteiger partial charge in [-0.05, 0) is 115 Å². The van der Waals surface area contributed by atoms with Crippen LogP contribution >= 0.6 is 0 Å². The first-order chi connectivity index (χ1) is 25.2. The van der Waals surface area contributed by atoms with Crippen LogP contribution in [0.2, 0.25) is 0 Å². The first-order valence-electron chi connectivity index (χ1n) is 17.4. The smallest absolute Gasteiger partial charge is 0.136 e. The van der Waals surface area contributed by atoms with Crippen LogP contribution in [-0.4, -0.2) is 0 Å². The zero-order valence-corrected chi connectivity index (χ0v) is 28.1. The largest absolute Gasteiger partial charge is 0.456 e. The fourth-order valence-electron chi connectivity index (χ4n) is 8.06. The molecule has 2 heterocycles. The minimum absolute atomic E-state index is 0.886. The van der Waals surface area contributed by atoms with Crippen LogP contribution in [0.25, 0.3) is 105 Å². The molecule has 0 radical (unpaired) electrons. The summed E-state index contributed by atoms with van der Waals surface area (Å²) in [5, 5.41) is 9.44. The molecule has 10 rings (SSSR count). The molecule has 2 aromatic heterocycles. The monoisotopic (exact) mass is 652 g/mol. The van der Waals surface area contributed by atoms with Gasteiger partial charge in [-0.2, -0.15) is 0 Å². The molecular formula is C49H32O2. The summed E-state index contributed by atoms with van der Waals surface area (Å²) in [6.45, 7) is 5.98. The molecule has 2 heteroatoms. The number of allylic oxidation sites excluding steroid dienone is 2. The van der Waals surface area contributed by atoms with Crippen LogP contribution in [0.4, 0.5) is 0 Å². The van der Waals surface area contributed by atoms with Gasteiger partial charge in [0, 0.05) is 21.5 Å². The number of fused-ring (bicyclic) bond motifs is 8. The van der Waals surface area contributed by atoms with Crippen molar-refractivity contribution in [2.45, 2.75) is 6.92 Å². The van der Waals surface area contributed by atoms with E-state index in [2.05, 4.69) is 153 Å². The van der Waals surface area contributed by atoms with Gasteiger partial charge in [-0.3, -0.25) is 0 Å². The van der Waals surface area contributed by atoms with Gasteiger partial charge in [-0.15, -0.1) is 0 Å². The van der Waals surface area contributed by atoms with Crippen LogP contribution < -0.4 is 0 Å².